The molecule has 4 rings (SSSR count). The second-order valence-electron chi connectivity index (χ2n) is 7.48. The number of benzene rings is 2. The summed E-state index contributed by atoms with van der Waals surface area (Å²) >= 11 is 1.74. The van der Waals surface area contributed by atoms with Crippen LogP contribution in [0.5, 0.6) is 0 Å². The first-order chi connectivity index (χ1) is 13.6. The van der Waals surface area contributed by atoms with Gasteiger partial charge in [0.1, 0.15) is 0 Å². The predicted octanol–water partition coefficient (Wildman–Crippen LogP) is 4.09. The van der Waals surface area contributed by atoms with Crippen molar-refractivity contribution in [3.63, 3.8) is 0 Å². The number of hydrogen-bond acceptors (Lipinski definition) is 3. The lowest BCUT2D eigenvalue weighted by atomic mass is 10.0. The van der Waals surface area contributed by atoms with Crippen LogP contribution >= 0.6 is 11.8 Å². The number of amides is 3. The van der Waals surface area contributed by atoms with Crippen molar-refractivity contribution in [3.05, 3.63) is 65.7 Å². The van der Waals surface area contributed by atoms with Crippen molar-refractivity contribution in [2.45, 2.75) is 31.2 Å². The van der Waals surface area contributed by atoms with Gasteiger partial charge in [-0.3, -0.25) is 4.79 Å². The normalized spacial score (nSPS) is 18.5. The maximum atomic E-state index is 12.6. The number of nitrogens with zero attached hydrogens (tertiary/aromatic N) is 2. The van der Waals surface area contributed by atoms with Gasteiger partial charge in [0.05, 0.1) is 10.6 Å². The van der Waals surface area contributed by atoms with Gasteiger partial charge >= 0.3 is 6.03 Å². The molecule has 0 radical (unpaired) electrons. The molecular formula is C22H25N3O2S. The number of anilines is 1. The molecule has 0 aliphatic carbocycles. The van der Waals surface area contributed by atoms with Crippen LogP contribution < -0.4 is 5.32 Å². The number of carbonyl (C=O) groups excluding carboxylic acids is 2. The Morgan fingerprint density at radius 1 is 1.07 bits per heavy atom. The highest BCUT2D eigenvalue weighted by Gasteiger charge is 2.48. The van der Waals surface area contributed by atoms with E-state index in [0.717, 1.165) is 24.1 Å². The predicted molar refractivity (Wildman–Crippen MR) is 113 cm³/mol. The third kappa shape index (κ3) is 3.87. The number of thioether (sulfide) groups is 1. The molecule has 1 N–H and O–H groups in total. The Hall–Kier alpha value is -2.47. The Balaban J connectivity index is 1.39. The number of nitrogens with one attached hydrogen (secondary N) is 1. The van der Waals surface area contributed by atoms with Crippen LogP contribution in [-0.4, -0.2) is 45.5 Å². The highest BCUT2D eigenvalue weighted by Crippen LogP contribution is 2.45. The monoisotopic (exact) mass is 395 g/mol. The molecule has 6 heteroatoms. The summed E-state index contributed by atoms with van der Waals surface area (Å²) in [6.07, 6.45) is 1.61. The van der Waals surface area contributed by atoms with E-state index in [2.05, 4.69) is 17.4 Å². The third-order valence-corrected chi connectivity index (χ3v) is 7.13. The van der Waals surface area contributed by atoms with E-state index in [1.807, 2.05) is 59.2 Å². The quantitative estimate of drug-likeness (QED) is 0.851. The topological polar surface area (TPSA) is 52.7 Å². The number of hydrogen-bond donors (Lipinski definition) is 1. The van der Waals surface area contributed by atoms with Crippen molar-refractivity contribution in [2.24, 2.45) is 0 Å². The van der Waals surface area contributed by atoms with Gasteiger partial charge < -0.3 is 15.1 Å². The van der Waals surface area contributed by atoms with Crippen LogP contribution in [0.4, 0.5) is 10.5 Å². The van der Waals surface area contributed by atoms with E-state index in [9.17, 15) is 9.59 Å². The first-order valence-corrected chi connectivity index (χ1v) is 10.7. The van der Waals surface area contributed by atoms with Crippen molar-refractivity contribution in [1.82, 2.24) is 9.80 Å². The van der Waals surface area contributed by atoms with Gasteiger partial charge in [-0.1, -0.05) is 48.0 Å². The van der Waals surface area contributed by atoms with Gasteiger partial charge in [0.15, 0.2) is 0 Å². The fourth-order valence-corrected chi connectivity index (χ4v) is 5.23. The zero-order chi connectivity index (χ0) is 19.6. The van der Waals surface area contributed by atoms with Gasteiger partial charge in [-0.25, -0.2) is 4.79 Å². The number of aryl methyl sites for hydroxylation is 1. The number of likely N-dealkylation sites (tertiary alicyclic amines) is 1. The molecule has 2 heterocycles. The molecule has 0 atom stereocenters. The molecule has 2 aliphatic heterocycles. The standard InChI is InChI=1S/C22H25N3O2S/c1-17-7-9-19(10-8-17)23-21(27)24-13-11-22(12-14-24)25(20(26)16-28-22)15-18-5-3-2-4-6-18/h2-10H,11-16H2,1H3,(H,23,27). The number of rotatable bonds is 3. The van der Waals surface area contributed by atoms with Crippen molar-refractivity contribution in [1.29, 1.82) is 0 Å². The highest BCUT2D eigenvalue weighted by atomic mass is 32.2. The molecule has 2 saturated heterocycles. The Morgan fingerprint density at radius 2 is 1.75 bits per heavy atom. The molecule has 146 valence electrons. The van der Waals surface area contributed by atoms with Gasteiger partial charge in [-0.15, -0.1) is 11.8 Å². The second-order valence-corrected chi connectivity index (χ2v) is 8.82. The van der Waals surface area contributed by atoms with Crippen molar-refractivity contribution in [2.75, 3.05) is 24.2 Å². The van der Waals surface area contributed by atoms with Crippen LogP contribution in [-0.2, 0) is 11.3 Å². The summed E-state index contributed by atoms with van der Waals surface area (Å²) in [6.45, 7) is 3.98. The maximum Gasteiger partial charge on any atom is 0.321 e. The van der Waals surface area contributed by atoms with E-state index < -0.39 is 0 Å². The molecule has 1 spiro atoms. The summed E-state index contributed by atoms with van der Waals surface area (Å²) in [4.78, 5) is 28.9. The summed E-state index contributed by atoms with van der Waals surface area (Å²) in [6, 6.07) is 17.9. The minimum Gasteiger partial charge on any atom is -0.324 e. The fourth-order valence-electron chi connectivity index (χ4n) is 3.89. The van der Waals surface area contributed by atoms with Crippen molar-refractivity contribution < 1.29 is 9.59 Å². The highest BCUT2D eigenvalue weighted by molar-refractivity contribution is 8.01. The summed E-state index contributed by atoms with van der Waals surface area (Å²) in [7, 11) is 0. The smallest absolute Gasteiger partial charge is 0.321 e. The van der Waals surface area contributed by atoms with Crippen LogP contribution in [0.25, 0.3) is 0 Å². The largest absolute Gasteiger partial charge is 0.324 e. The van der Waals surface area contributed by atoms with Crippen LogP contribution in [0.3, 0.4) is 0 Å². The van der Waals surface area contributed by atoms with E-state index >= 15 is 0 Å². The third-order valence-electron chi connectivity index (χ3n) is 5.58. The lowest BCUT2D eigenvalue weighted by Gasteiger charge is -2.44. The van der Waals surface area contributed by atoms with Crippen LogP contribution in [0, 0.1) is 6.92 Å². The summed E-state index contributed by atoms with van der Waals surface area (Å²) in [5, 5.41) is 2.98. The molecule has 2 aromatic rings. The molecule has 5 nitrogen and oxygen atoms in total. The van der Waals surface area contributed by atoms with Gasteiger partial charge in [-0.05, 0) is 37.5 Å². The van der Waals surface area contributed by atoms with Gasteiger partial charge in [0.2, 0.25) is 5.91 Å². The minimum absolute atomic E-state index is 0.0670. The van der Waals surface area contributed by atoms with E-state index in [0.29, 0.717) is 25.4 Å². The number of piperidine rings is 1. The van der Waals surface area contributed by atoms with E-state index in [1.165, 1.54) is 5.56 Å². The number of carbonyl (C=O) groups is 2. The Labute approximate surface area is 170 Å². The lowest BCUT2D eigenvalue weighted by Crippen LogP contribution is -2.53. The molecule has 2 fully saturated rings. The zero-order valence-electron chi connectivity index (χ0n) is 16.1. The van der Waals surface area contributed by atoms with Crippen molar-refractivity contribution in [3.8, 4) is 0 Å². The maximum absolute atomic E-state index is 12.6. The molecular weight excluding hydrogens is 370 g/mol. The first kappa shape index (κ1) is 18.9. The average molecular weight is 396 g/mol. The molecule has 2 aliphatic rings. The second kappa shape index (κ2) is 7.87. The SMILES string of the molecule is Cc1ccc(NC(=O)N2CCC3(CC2)SCC(=O)N3Cc2ccccc2)cc1. The van der Waals surface area contributed by atoms with Gasteiger partial charge in [-0.2, -0.15) is 0 Å². The fraction of sp³-hybridized carbons (Fsp3) is 0.364. The van der Waals surface area contributed by atoms with Crippen LogP contribution in [0.1, 0.15) is 24.0 Å². The van der Waals surface area contributed by atoms with E-state index in [4.69, 9.17) is 0 Å². The molecule has 0 bridgehead atoms. The van der Waals surface area contributed by atoms with Crippen LogP contribution in [0.15, 0.2) is 54.6 Å². The van der Waals surface area contributed by atoms with Crippen LogP contribution in [0.2, 0.25) is 0 Å². The molecule has 3 amide bonds. The molecule has 2 aromatic carbocycles. The van der Waals surface area contributed by atoms with E-state index in [1.54, 1.807) is 11.8 Å². The zero-order valence-corrected chi connectivity index (χ0v) is 16.9. The minimum atomic E-state index is -0.187. The summed E-state index contributed by atoms with van der Waals surface area (Å²) < 4.78 is 0. The molecule has 0 saturated carbocycles. The average Bonchev–Trinajstić information content (AvgIpc) is 3.01. The Morgan fingerprint density at radius 3 is 2.43 bits per heavy atom. The Kier molecular flexibility index (Phi) is 5.31. The number of urea groups is 1. The molecule has 0 unspecified atom stereocenters. The first-order valence-electron chi connectivity index (χ1n) is 9.67. The van der Waals surface area contributed by atoms with Gasteiger partial charge in [0, 0.05) is 25.3 Å². The molecule has 28 heavy (non-hydrogen) atoms. The lowest BCUT2D eigenvalue weighted by molar-refractivity contribution is -0.131. The van der Waals surface area contributed by atoms with Gasteiger partial charge in [0.25, 0.3) is 0 Å². The molecule has 0 aromatic heterocycles. The Bertz CT molecular complexity index is 846. The van der Waals surface area contributed by atoms with Crippen molar-refractivity contribution >= 4 is 29.4 Å². The van der Waals surface area contributed by atoms with E-state index in [-0.39, 0.29) is 16.8 Å². The summed E-state index contributed by atoms with van der Waals surface area (Å²) in [5.41, 5.74) is 3.13. The summed E-state index contributed by atoms with van der Waals surface area (Å²) in [5.74, 6) is 0.731.